The molecule has 1 atom stereocenters. The SMILES string of the molecule is CS(N)=O.FC(F)F.FC1(F)CCc2c(-c3ccc4c(c3)OCC4)nc(N3CCC3)nc21. The van der Waals surface area contributed by atoms with Crippen LogP contribution in [-0.4, -0.2) is 46.8 Å². The molecule has 1 aliphatic carbocycles. The Hall–Kier alpha value is -2.34. The number of rotatable bonds is 2. The van der Waals surface area contributed by atoms with Crippen LogP contribution >= 0.6 is 0 Å². The zero-order chi connectivity index (χ0) is 23.5. The molecule has 6 nitrogen and oxygen atoms in total. The fourth-order valence-corrected chi connectivity index (χ4v) is 3.62. The smallest absolute Gasteiger partial charge is 0.379 e. The second-order valence-electron chi connectivity index (χ2n) is 7.41. The van der Waals surface area contributed by atoms with Crippen LogP contribution in [0.25, 0.3) is 11.3 Å². The standard InChI is InChI=1S/C18H17F2N3O.CHF3.CH5NOS/c19-18(20)6-4-13-15(12-3-2-11-5-9-24-14(11)10-12)21-17(22-16(13)18)23-7-1-8-23;2-1(3)4;1-4(2)3/h2-3,10H,1,4-9H2;1H;2H2,1H3. The number of nitrogens with two attached hydrogens (primary N) is 1. The molecule has 0 spiro atoms. The molecule has 5 rings (SSSR count). The summed E-state index contributed by atoms with van der Waals surface area (Å²) >= 11 is 0. The van der Waals surface area contributed by atoms with E-state index in [2.05, 4.69) is 15.1 Å². The third kappa shape index (κ3) is 5.71. The minimum atomic E-state index is -3.67. The van der Waals surface area contributed by atoms with Crippen molar-refractivity contribution in [3.8, 4) is 17.0 Å². The molecule has 0 amide bonds. The molecule has 3 heterocycles. The summed E-state index contributed by atoms with van der Waals surface area (Å²) in [7, 11) is -1.11. The Morgan fingerprint density at radius 2 is 1.84 bits per heavy atom. The van der Waals surface area contributed by atoms with Gasteiger partial charge in [-0.05, 0) is 24.5 Å². The Morgan fingerprint density at radius 3 is 2.44 bits per heavy atom. The highest BCUT2D eigenvalue weighted by atomic mass is 32.2. The Kier molecular flexibility index (Phi) is 7.65. The van der Waals surface area contributed by atoms with Gasteiger partial charge in [0, 0.05) is 43.3 Å². The van der Waals surface area contributed by atoms with E-state index in [-0.39, 0.29) is 12.1 Å². The lowest BCUT2D eigenvalue weighted by atomic mass is 10.0. The maximum atomic E-state index is 14.3. The summed E-state index contributed by atoms with van der Waals surface area (Å²) in [5, 5.41) is 4.58. The van der Waals surface area contributed by atoms with Crippen molar-refractivity contribution in [3.05, 3.63) is 35.0 Å². The quantitative estimate of drug-likeness (QED) is 0.665. The maximum Gasteiger partial charge on any atom is 0.379 e. The van der Waals surface area contributed by atoms with E-state index in [1.54, 1.807) is 0 Å². The van der Waals surface area contributed by atoms with Crippen molar-refractivity contribution in [2.75, 3.05) is 30.9 Å². The van der Waals surface area contributed by atoms with E-state index in [4.69, 9.17) is 4.74 Å². The topological polar surface area (TPSA) is 81.3 Å². The van der Waals surface area contributed by atoms with Gasteiger partial charge in [0.1, 0.15) is 11.4 Å². The molecule has 0 saturated carbocycles. The monoisotopic (exact) mass is 478 g/mol. The molecule has 3 aliphatic rings. The van der Waals surface area contributed by atoms with E-state index in [1.807, 2.05) is 23.1 Å². The molecule has 0 radical (unpaired) electrons. The van der Waals surface area contributed by atoms with Crippen LogP contribution in [0.4, 0.5) is 27.9 Å². The molecule has 1 fully saturated rings. The van der Waals surface area contributed by atoms with Gasteiger partial charge >= 0.3 is 6.68 Å². The van der Waals surface area contributed by atoms with Crippen LogP contribution in [0.2, 0.25) is 0 Å². The van der Waals surface area contributed by atoms with Gasteiger partial charge in [-0.15, -0.1) is 0 Å². The predicted octanol–water partition coefficient (Wildman–Crippen LogP) is 3.74. The number of hydrogen-bond acceptors (Lipinski definition) is 5. The summed E-state index contributed by atoms with van der Waals surface area (Å²) in [6.45, 7) is -1.33. The summed E-state index contributed by atoms with van der Waals surface area (Å²) < 4.78 is 72.5. The zero-order valence-electron chi connectivity index (χ0n) is 17.3. The van der Waals surface area contributed by atoms with Gasteiger partial charge in [-0.3, -0.25) is 5.14 Å². The normalized spacial score (nSPS) is 18.3. The first-order valence-corrected chi connectivity index (χ1v) is 11.5. The van der Waals surface area contributed by atoms with E-state index < -0.39 is 23.6 Å². The highest BCUT2D eigenvalue weighted by Crippen LogP contribution is 2.45. The molecule has 2 aliphatic heterocycles. The number of fused-ring (bicyclic) bond motifs is 2. The number of alkyl halides is 5. The fraction of sp³-hybridized carbons (Fsp3) is 0.500. The van der Waals surface area contributed by atoms with Crippen molar-refractivity contribution in [2.45, 2.75) is 38.3 Å². The van der Waals surface area contributed by atoms with Crippen LogP contribution in [0.1, 0.15) is 29.7 Å². The zero-order valence-corrected chi connectivity index (χ0v) is 18.1. The third-order valence-corrected chi connectivity index (χ3v) is 5.14. The van der Waals surface area contributed by atoms with Crippen molar-refractivity contribution < 1.29 is 30.9 Å². The Bertz CT molecular complexity index is 982. The van der Waals surface area contributed by atoms with Crippen LogP contribution in [-0.2, 0) is 29.7 Å². The first-order valence-electron chi connectivity index (χ1n) is 9.89. The second kappa shape index (κ2) is 10.1. The van der Waals surface area contributed by atoms with Crippen molar-refractivity contribution in [2.24, 2.45) is 5.14 Å². The molecule has 1 unspecified atom stereocenters. The van der Waals surface area contributed by atoms with Crippen LogP contribution in [0.15, 0.2) is 18.2 Å². The lowest BCUT2D eigenvalue weighted by Crippen LogP contribution is -2.38. The molecule has 32 heavy (non-hydrogen) atoms. The molecule has 176 valence electrons. The number of nitrogens with zero attached hydrogens (tertiary/aromatic N) is 3. The summed E-state index contributed by atoms with van der Waals surface area (Å²) in [5.74, 6) is -1.59. The van der Waals surface area contributed by atoms with Gasteiger partial charge in [0.2, 0.25) is 5.95 Å². The Morgan fingerprint density at radius 1 is 1.19 bits per heavy atom. The van der Waals surface area contributed by atoms with E-state index in [0.717, 1.165) is 42.8 Å². The first-order chi connectivity index (χ1) is 15.1. The Labute approximate surface area is 184 Å². The number of ether oxygens (including phenoxy) is 1. The average molecular weight is 478 g/mol. The molecular weight excluding hydrogens is 455 g/mol. The van der Waals surface area contributed by atoms with Crippen LogP contribution in [0, 0.1) is 0 Å². The molecule has 1 saturated heterocycles. The second-order valence-corrected chi connectivity index (χ2v) is 8.41. The molecule has 1 aromatic heterocycles. The van der Waals surface area contributed by atoms with E-state index in [0.29, 0.717) is 30.2 Å². The van der Waals surface area contributed by atoms with E-state index in [9.17, 15) is 26.2 Å². The van der Waals surface area contributed by atoms with Gasteiger partial charge in [0.25, 0.3) is 5.92 Å². The van der Waals surface area contributed by atoms with Crippen molar-refractivity contribution in [1.29, 1.82) is 0 Å². The minimum Gasteiger partial charge on any atom is -0.493 e. The summed E-state index contributed by atoms with van der Waals surface area (Å²) in [6, 6.07) is 5.91. The van der Waals surface area contributed by atoms with Gasteiger partial charge < -0.3 is 9.64 Å². The van der Waals surface area contributed by atoms with Crippen molar-refractivity contribution in [3.63, 3.8) is 0 Å². The third-order valence-electron chi connectivity index (χ3n) is 5.14. The summed E-state index contributed by atoms with van der Waals surface area (Å²) in [4.78, 5) is 10.8. The lowest BCUT2D eigenvalue weighted by Gasteiger charge is -2.31. The van der Waals surface area contributed by atoms with Crippen molar-refractivity contribution in [1.82, 2.24) is 9.97 Å². The highest BCUT2D eigenvalue weighted by molar-refractivity contribution is 7.81. The largest absolute Gasteiger partial charge is 0.493 e. The maximum absolute atomic E-state index is 14.3. The molecule has 12 heteroatoms. The number of benzene rings is 1. The fourth-order valence-electron chi connectivity index (χ4n) is 3.62. The molecule has 1 aromatic carbocycles. The van der Waals surface area contributed by atoms with E-state index in [1.165, 1.54) is 6.26 Å². The summed E-state index contributed by atoms with van der Waals surface area (Å²) in [5.41, 5.74) is 3.14. The minimum absolute atomic E-state index is 0.0872. The van der Waals surface area contributed by atoms with Gasteiger partial charge in [-0.2, -0.15) is 22.0 Å². The van der Waals surface area contributed by atoms with Gasteiger partial charge in [-0.25, -0.2) is 14.2 Å². The van der Waals surface area contributed by atoms with Gasteiger partial charge in [-0.1, -0.05) is 12.1 Å². The van der Waals surface area contributed by atoms with Gasteiger partial charge in [0.15, 0.2) is 0 Å². The lowest BCUT2D eigenvalue weighted by molar-refractivity contribution is -0.00596. The first kappa shape index (κ1) is 24.3. The molecular formula is C20H23F5N4O2S. The molecule has 2 N–H and O–H groups in total. The molecule has 0 bridgehead atoms. The van der Waals surface area contributed by atoms with Crippen LogP contribution < -0.4 is 14.8 Å². The van der Waals surface area contributed by atoms with E-state index >= 15 is 0 Å². The summed E-state index contributed by atoms with van der Waals surface area (Å²) in [6.07, 6.45) is 3.50. The van der Waals surface area contributed by atoms with Gasteiger partial charge in [0.05, 0.1) is 23.3 Å². The number of anilines is 1. The number of hydrogen-bond donors (Lipinski definition) is 1. The van der Waals surface area contributed by atoms with Crippen molar-refractivity contribution >= 4 is 16.9 Å². The predicted molar refractivity (Wildman–Crippen MR) is 111 cm³/mol. The highest BCUT2D eigenvalue weighted by Gasteiger charge is 2.43. The van der Waals surface area contributed by atoms with Crippen LogP contribution in [0.3, 0.4) is 0 Å². The molecule has 2 aromatic rings. The number of aromatic nitrogens is 2. The Balaban J connectivity index is 0.000000316. The number of halogens is 5. The average Bonchev–Trinajstić information content (AvgIpc) is 3.23. The van der Waals surface area contributed by atoms with Crippen LogP contribution in [0.5, 0.6) is 5.75 Å².